The highest BCUT2D eigenvalue weighted by atomic mass is 32.2. The first-order chi connectivity index (χ1) is 9.91. The maximum absolute atomic E-state index is 12.1. The van der Waals surface area contributed by atoms with Crippen LogP contribution in [-0.2, 0) is 14.6 Å². The summed E-state index contributed by atoms with van der Waals surface area (Å²) in [6.45, 7) is 0. The Balaban J connectivity index is 1.57. The summed E-state index contributed by atoms with van der Waals surface area (Å²) in [5, 5.41) is 2.87. The fourth-order valence-corrected chi connectivity index (χ4v) is 4.49. The van der Waals surface area contributed by atoms with E-state index in [1.807, 2.05) is 0 Å². The number of amides is 1. The van der Waals surface area contributed by atoms with E-state index in [4.69, 9.17) is 0 Å². The van der Waals surface area contributed by atoms with Crippen molar-refractivity contribution < 1.29 is 13.2 Å². The van der Waals surface area contributed by atoms with Crippen molar-refractivity contribution in [2.45, 2.75) is 37.0 Å². The van der Waals surface area contributed by atoms with E-state index in [1.54, 1.807) is 12.1 Å². The molecule has 2 bridgehead atoms. The molecule has 0 spiro atoms. The van der Waals surface area contributed by atoms with Gasteiger partial charge in [-0.15, -0.1) is 0 Å². The Morgan fingerprint density at radius 3 is 2.43 bits per heavy atom. The van der Waals surface area contributed by atoms with Crippen LogP contribution >= 0.6 is 0 Å². The average Bonchev–Trinajstić information content (AvgIpc) is 3.00. The zero-order chi connectivity index (χ0) is 15.0. The molecule has 0 aliphatic heterocycles. The maximum Gasteiger partial charge on any atom is 0.224 e. The predicted octanol–water partition coefficient (Wildman–Crippen LogP) is 2.85. The molecule has 0 radical (unpaired) electrons. The lowest BCUT2D eigenvalue weighted by Crippen LogP contribution is -2.20. The van der Waals surface area contributed by atoms with Crippen LogP contribution in [0, 0.1) is 17.8 Å². The highest BCUT2D eigenvalue weighted by Crippen LogP contribution is 2.49. The van der Waals surface area contributed by atoms with Crippen molar-refractivity contribution in [2.75, 3.05) is 11.6 Å². The Kier molecular flexibility index (Phi) is 3.78. The van der Waals surface area contributed by atoms with Crippen LogP contribution in [0.15, 0.2) is 29.2 Å². The predicted molar refractivity (Wildman–Crippen MR) is 81.7 cm³/mol. The standard InChI is InChI=1S/C16H21NO3S/c1-21(19,20)15-6-4-14(5-7-15)17-16(18)10-13-9-11-2-3-12(13)8-11/h4-7,11-13H,2-3,8-10H2,1H3,(H,17,18). The molecule has 4 nitrogen and oxygen atoms in total. The number of anilines is 1. The molecule has 21 heavy (non-hydrogen) atoms. The molecule has 3 unspecified atom stereocenters. The molecule has 3 atom stereocenters. The van der Waals surface area contributed by atoms with Crippen LogP contribution in [0.5, 0.6) is 0 Å². The molecule has 0 saturated heterocycles. The minimum atomic E-state index is -3.19. The number of nitrogens with one attached hydrogen (secondary N) is 1. The number of sulfone groups is 1. The van der Waals surface area contributed by atoms with Gasteiger partial charge in [0.1, 0.15) is 0 Å². The fourth-order valence-electron chi connectivity index (χ4n) is 3.86. The van der Waals surface area contributed by atoms with Crippen molar-refractivity contribution in [1.82, 2.24) is 0 Å². The van der Waals surface area contributed by atoms with Gasteiger partial charge in [0.2, 0.25) is 5.91 Å². The molecule has 2 aliphatic carbocycles. The number of carbonyl (C=O) groups excluding carboxylic acids is 1. The monoisotopic (exact) mass is 307 g/mol. The largest absolute Gasteiger partial charge is 0.326 e. The van der Waals surface area contributed by atoms with Crippen LogP contribution in [0.25, 0.3) is 0 Å². The van der Waals surface area contributed by atoms with Crippen LogP contribution in [0.1, 0.15) is 32.1 Å². The highest BCUT2D eigenvalue weighted by Gasteiger charge is 2.40. The van der Waals surface area contributed by atoms with Gasteiger partial charge < -0.3 is 5.32 Å². The Labute approximate surface area is 125 Å². The van der Waals surface area contributed by atoms with Crippen LogP contribution in [0.2, 0.25) is 0 Å². The average molecular weight is 307 g/mol. The number of hydrogen-bond donors (Lipinski definition) is 1. The first-order valence-electron chi connectivity index (χ1n) is 7.52. The highest BCUT2D eigenvalue weighted by molar-refractivity contribution is 7.90. The van der Waals surface area contributed by atoms with Crippen LogP contribution in [0.4, 0.5) is 5.69 Å². The Morgan fingerprint density at radius 1 is 1.19 bits per heavy atom. The van der Waals surface area contributed by atoms with Crippen LogP contribution < -0.4 is 5.32 Å². The Hall–Kier alpha value is -1.36. The molecule has 0 heterocycles. The van der Waals surface area contributed by atoms with E-state index in [1.165, 1.54) is 44.1 Å². The molecule has 5 heteroatoms. The van der Waals surface area contributed by atoms with Crippen molar-refractivity contribution in [3.8, 4) is 0 Å². The summed E-state index contributed by atoms with van der Waals surface area (Å²) in [6, 6.07) is 6.36. The molecule has 2 fully saturated rings. The van der Waals surface area contributed by atoms with Gasteiger partial charge in [0.05, 0.1) is 4.90 Å². The van der Waals surface area contributed by atoms with Gasteiger partial charge in [-0.25, -0.2) is 8.42 Å². The third-order valence-corrected chi connectivity index (χ3v) is 6.03. The Bertz CT molecular complexity index is 636. The summed E-state index contributed by atoms with van der Waals surface area (Å²) >= 11 is 0. The molecule has 1 aromatic rings. The van der Waals surface area contributed by atoms with E-state index in [9.17, 15) is 13.2 Å². The molecule has 3 rings (SSSR count). The second-order valence-electron chi connectivity index (χ2n) is 6.48. The normalized spacial score (nSPS) is 27.8. The second kappa shape index (κ2) is 5.44. The minimum absolute atomic E-state index is 0.0413. The van der Waals surface area contributed by atoms with E-state index < -0.39 is 9.84 Å². The summed E-state index contributed by atoms with van der Waals surface area (Å²) in [6.07, 6.45) is 6.90. The topological polar surface area (TPSA) is 63.2 Å². The zero-order valence-electron chi connectivity index (χ0n) is 12.2. The van der Waals surface area contributed by atoms with Gasteiger partial charge in [-0.2, -0.15) is 0 Å². The first-order valence-corrected chi connectivity index (χ1v) is 9.41. The number of benzene rings is 1. The van der Waals surface area contributed by atoms with E-state index in [-0.39, 0.29) is 10.8 Å². The fraction of sp³-hybridized carbons (Fsp3) is 0.562. The molecular weight excluding hydrogens is 286 g/mol. The van der Waals surface area contributed by atoms with E-state index in [0.717, 1.165) is 11.8 Å². The molecule has 2 aliphatic rings. The third-order valence-electron chi connectivity index (χ3n) is 4.90. The summed E-state index contributed by atoms with van der Waals surface area (Å²) in [7, 11) is -3.19. The van der Waals surface area contributed by atoms with Gasteiger partial charge in [-0.05, 0) is 61.3 Å². The third kappa shape index (κ3) is 3.28. The molecule has 1 aromatic carbocycles. The van der Waals surface area contributed by atoms with Crippen LogP contribution in [0.3, 0.4) is 0 Å². The summed E-state index contributed by atoms with van der Waals surface area (Å²) in [5.74, 6) is 2.17. The van der Waals surface area contributed by atoms with Gasteiger partial charge in [-0.3, -0.25) is 4.79 Å². The molecule has 114 valence electrons. The number of carbonyl (C=O) groups is 1. The van der Waals surface area contributed by atoms with Crippen molar-refractivity contribution in [2.24, 2.45) is 17.8 Å². The summed E-state index contributed by atoms with van der Waals surface area (Å²) in [4.78, 5) is 12.4. The van der Waals surface area contributed by atoms with Crippen molar-refractivity contribution in [3.05, 3.63) is 24.3 Å². The van der Waals surface area contributed by atoms with Gasteiger partial charge >= 0.3 is 0 Å². The molecule has 1 amide bonds. The quantitative estimate of drug-likeness (QED) is 0.930. The lowest BCUT2D eigenvalue weighted by molar-refractivity contribution is -0.117. The summed E-state index contributed by atoms with van der Waals surface area (Å²) < 4.78 is 22.8. The van der Waals surface area contributed by atoms with Gasteiger partial charge in [-0.1, -0.05) is 6.42 Å². The van der Waals surface area contributed by atoms with Crippen molar-refractivity contribution in [3.63, 3.8) is 0 Å². The van der Waals surface area contributed by atoms with E-state index in [2.05, 4.69) is 5.32 Å². The number of rotatable bonds is 4. The zero-order valence-corrected chi connectivity index (χ0v) is 13.0. The lowest BCUT2D eigenvalue weighted by Gasteiger charge is -2.20. The minimum Gasteiger partial charge on any atom is -0.326 e. The molecule has 0 aromatic heterocycles. The first kappa shape index (κ1) is 14.6. The molecular formula is C16H21NO3S. The smallest absolute Gasteiger partial charge is 0.224 e. The maximum atomic E-state index is 12.1. The Morgan fingerprint density at radius 2 is 1.90 bits per heavy atom. The lowest BCUT2D eigenvalue weighted by atomic mass is 9.86. The van der Waals surface area contributed by atoms with Gasteiger partial charge in [0.25, 0.3) is 0 Å². The molecule has 1 N–H and O–H groups in total. The van der Waals surface area contributed by atoms with Gasteiger partial charge in [0.15, 0.2) is 9.84 Å². The summed E-state index contributed by atoms with van der Waals surface area (Å²) in [5.41, 5.74) is 0.663. The van der Waals surface area contributed by atoms with Crippen molar-refractivity contribution >= 4 is 21.4 Å². The molecule has 2 saturated carbocycles. The SMILES string of the molecule is CS(=O)(=O)c1ccc(NC(=O)CC2CC3CCC2C3)cc1. The van der Waals surface area contributed by atoms with Crippen LogP contribution in [-0.4, -0.2) is 20.6 Å². The number of fused-ring (bicyclic) bond motifs is 2. The van der Waals surface area contributed by atoms with E-state index in [0.29, 0.717) is 18.0 Å². The number of hydrogen-bond acceptors (Lipinski definition) is 3. The van der Waals surface area contributed by atoms with E-state index >= 15 is 0 Å². The second-order valence-corrected chi connectivity index (χ2v) is 8.50. The van der Waals surface area contributed by atoms with Crippen molar-refractivity contribution in [1.29, 1.82) is 0 Å². The van der Waals surface area contributed by atoms with Gasteiger partial charge in [0, 0.05) is 18.4 Å².